The van der Waals surface area contributed by atoms with Gasteiger partial charge in [-0.3, -0.25) is 9.48 Å². The normalized spacial score (nSPS) is 17.4. The summed E-state index contributed by atoms with van der Waals surface area (Å²) in [6.45, 7) is 2.43. The van der Waals surface area contributed by atoms with Crippen molar-refractivity contribution >= 4 is 37.7 Å². The van der Waals surface area contributed by atoms with Gasteiger partial charge >= 0.3 is 0 Å². The molecule has 1 amide bonds. The van der Waals surface area contributed by atoms with Crippen LogP contribution in [0.25, 0.3) is 0 Å². The predicted molar refractivity (Wildman–Crippen MR) is 136 cm³/mol. The molecule has 35 heavy (non-hydrogen) atoms. The fourth-order valence-electron chi connectivity index (χ4n) is 3.98. The van der Waals surface area contributed by atoms with Crippen LogP contribution in [0.15, 0.2) is 99.5 Å². The van der Waals surface area contributed by atoms with Crippen LogP contribution in [-0.4, -0.2) is 34.2 Å². The van der Waals surface area contributed by atoms with Gasteiger partial charge in [0.2, 0.25) is 0 Å². The third kappa shape index (κ3) is 4.71. The quantitative estimate of drug-likeness (QED) is 0.497. The first kappa shape index (κ1) is 23.3. The van der Waals surface area contributed by atoms with Crippen LogP contribution in [0.3, 0.4) is 0 Å². The number of fused-ring (bicyclic) bond motifs is 1. The van der Waals surface area contributed by atoms with Crippen molar-refractivity contribution in [2.75, 3.05) is 0 Å². The van der Waals surface area contributed by atoms with Gasteiger partial charge in [0.15, 0.2) is 0 Å². The smallest absolute Gasteiger partial charge is 0.269 e. The number of hydrogen-bond donors (Lipinski definition) is 1. The van der Waals surface area contributed by atoms with E-state index in [0.717, 1.165) is 19.9 Å². The van der Waals surface area contributed by atoms with E-state index < -0.39 is 15.9 Å². The lowest BCUT2D eigenvalue weighted by atomic mass is 10.0. The monoisotopic (exact) mass is 551 g/mol. The van der Waals surface area contributed by atoms with Crippen LogP contribution in [-0.2, 0) is 16.6 Å². The first-order valence-electron chi connectivity index (χ1n) is 10.9. The molecule has 0 saturated heterocycles. The second kappa shape index (κ2) is 9.27. The van der Waals surface area contributed by atoms with Crippen molar-refractivity contribution in [2.45, 2.75) is 24.8 Å². The molecular weight excluding hydrogens is 530 g/mol. The van der Waals surface area contributed by atoms with E-state index in [2.05, 4.69) is 31.3 Å². The molecule has 3 heterocycles. The molecule has 1 atom stereocenters. The molecule has 3 aromatic rings. The fourth-order valence-corrected chi connectivity index (χ4v) is 5.79. The molecule has 8 nitrogen and oxygen atoms in total. The molecule has 0 fully saturated rings. The summed E-state index contributed by atoms with van der Waals surface area (Å²) in [5.41, 5.74) is 2.87. The minimum absolute atomic E-state index is 0.157. The van der Waals surface area contributed by atoms with Gasteiger partial charge in [-0.1, -0.05) is 64.0 Å². The van der Waals surface area contributed by atoms with Gasteiger partial charge < -0.3 is 5.32 Å². The number of carbonyl (C=O) groups is 1. The van der Waals surface area contributed by atoms with Crippen molar-refractivity contribution < 1.29 is 13.2 Å². The second-order valence-electron chi connectivity index (χ2n) is 8.38. The Balaban J connectivity index is 1.40. The number of rotatable bonds is 6. The largest absolute Gasteiger partial charge is 0.323 e. The summed E-state index contributed by atoms with van der Waals surface area (Å²) in [5.74, 6) is -0.420. The minimum Gasteiger partial charge on any atom is -0.323 e. The van der Waals surface area contributed by atoms with E-state index in [0.29, 0.717) is 30.1 Å². The Morgan fingerprint density at radius 3 is 2.63 bits per heavy atom. The van der Waals surface area contributed by atoms with Gasteiger partial charge in [0, 0.05) is 28.8 Å². The van der Waals surface area contributed by atoms with Crippen LogP contribution in [0.2, 0.25) is 0 Å². The molecule has 0 spiro atoms. The molecule has 10 heteroatoms. The van der Waals surface area contributed by atoms with Gasteiger partial charge in [-0.25, -0.2) is 17.7 Å². The van der Waals surface area contributed by atoms with Crippen molar-refractivity contribution in [3.63, 3.8) is 0 Å². The van der Waals surface area contributed by atoms with Gasteiger partial charge in [0.1, 0.15) is 5.84 Å². The zero-order valence-corrected chi connectivity index (χ0v) is 21.2. The van der Waals surface area contributed by atoms with E-state index in [-0.39, 0.29) is 10.8 Å². The Bertz CT molecular complexity index is 1470. The molecule has 2 aliphatic rings. The number of aliphatic imine (C=N–C) groups is 1. The number of halogens is 1. The standard InChI is InChI=1S/C25H22BrN5O3S/c1-17-7-9-21(10-8-17)35(33,34)31-16-23(22-11-20(26)13-27-24(22)31)29-25(32)19-12-28-30(15-19)14-18-5-3-2-4-6-18/h2-10,12-13,15-16,22H,11,14H2,1H3,(H,29,32). The van der Waals surface area contributed by atoms with Crippen LogP contribution in [0, 0.1) is 12.8 Å². The summed E-state index contributed by atoms with van der Waals surface area (Å²) >= 11 is 3.45. The number of allylic oxidation sites excluding steroid dienone is 1. The third-order valence-electron chi connectivity index (χ3n) is 5.82. The Morgan fingerprint density at radius 2 is 1.89 bits per heavy atom. The molecule has 5 rings (SSSR count). The number of benzene rings is 2. The van der Waals surface area contributed by atoms with E-state index in [1.807, 2.05) is 37.3 Å². The minimum atomic E-state index is -3.89. The molecular formula is C25H22BrN5O3S. The van der Waals surface area contributed by atoms with E-state index in [1.165, 1.54) is 12.4 Å². The van der Waals surface area contributed by atoms with Gasteiger partial charge in [-0.15, -0.1) is 0 Å². The number of aryl methyl sites for hydroxylation is 1. The number of nitrogens with zero attached hydrogens (tertiary/aromatic N) is 4. The molecule has 178 valence electrons. The molecule has 0 aliphatic carbocycles. The number of amides is 1. The van der Waals surface area contributed by atoms with Crippen molar-refractivity contribution in [1.82, 2.24) is 19.4 Å². The van der Waals surface area contributed by atoms with Crippen LogP contribution < -0.4 is 5.32 Å². The summed E-state index contributed by atoms with van der Waals surface area (Å²) in [6, 6.07) is 16.5. The number of nitrogens with one attached hydrogen (secondary N) is 1. The zero-order chi connectivity index (χ0) is 24.6. The summed E-state index contributed by atoms with van der Waals surface area (Å²) in [6.07, 6.45) is 6.70. The maximum atomic E-state index is 13.4. The first-order valence-corrected chi connectivity index (χ1v) is 13.2. The highest BCUT2D eigenvalue weighted by Crippen LogP contribution is 2.36. The number of sulfonamides is 1. The highest BCUT2D eigenvalue weighted by molar-refractivity contribution is 9.11. The number of hydrogen-bond acceptors (Lipinski definition) is 5. The van der Waals surface area contributed by atoms with Crippen molar-refractivity contribution in [2.24, 2.45) is 10.9 Å². The number of amidine groups is 1. The van der Waals surface area contributed by atoms with Crippen molar-refractivity contribution in [1.29, 1.82) is 0 Å². The maximum absolute atomic E-state index is 13.4. The molecule has 1 aromatic heterocycles. The molecule has 2 aliphatic heterocycles. The Labute approximate surface area is 211 Å². The lowest BCUT2D eigenvalue weighted by Gasteiger charge is -2.23. The molecule has 1 unspecified atom stereocenters. The molecule has 0 saturated carbocycles. The summed E-state index contributed by atoms with van der Waals surface area (Å²) in [4.78, 5) is 17.6. The van der Waals surface area contributed by atoms with E-state index >= 15 is 0 Å². The SMILES string of the molecule is Cc1ccc(S(=O)(=O)N2C=C(NC(=O)c3cnn(Cc4ccccc4)c3)C3CC(Br)=CN=C32)cc1. The average Bonchev–Trinajstić information content (AvgIpc) is 3.45. The molecule has 0 bridgehead atoms. The lowest BCUT2D eigenvalue weighted by Crippen LogP contribution is -2.34. The lowest BCUT2D eigenvalue weighted by molar-refractivity contribution is 0.0963. The third-order valence-corrected chi connectivity index (χ3v) is 8.03. The topological polar surface area (TPSA) is 96.7 Å². The molecule has 1 N–H and O–H groups in total. The summed E-state index contributed by atoms with van der Waals surface area (Å²) in [7, 11) is -3.89. The summed E-state index contributed by atoms with van der Waals surface area (Å²) < 4.78 is 30.5. The van der Waals surface area contributed by atoms with Gasteiger partial charge in [-0.05, 0) is 31.0 Å². The Hall–Kier alpha value is -3.50. The second-order valence-corrected chi connectivity index (χ2v) is 11.2. The van der Waals surface area contributed by atoms with Crippen LogP contribution in [0.1, 0.15) is 27.9 Å². The van der Waals surface area contributed by atoms with Gasteiger partial charge in [-0.2, -0.15) is 5.10 Å². The van der Waals surface area contributed by atoms with Crippen LogP contribution in [0.5, 0.6) is 0 Å². The highest BCUT2D eigenvalue weighted by atomic mass is 79.9. The number of aromatic nitrogens is 2. The average molecular weight is 552 g/mol. The summed E-state index contributed by atoms with van der Waals surface area (Å²) in [5, 5.41) is 7.18. The Morgan fingerprint density at radius 1 is 1.14 bits per heavy atom. The fraction of sp³-hybridized carbons (Fsp3) is 0.160. The van der Waals surface area contributed by atoms with Gasteiger partial charge in [0.05, 0.1) is 29.1 Å². The van der Waals surface area contributed by atoms with Crippen LogP contribution in [0.4, 0.5) is 0 Å². The zero-order valence-electron chi connectivity index (χ0n) is 18.8. The van der Waals surface area contributed by atoms with Crippen LogP contribution >= 0.6 is 15.9 Å². The van der Waals surface area contributed by atoms with E-state index in [9.17, 15) is 13.2 Å². The molecule has 2 aromatic carbocycles. The Kier molecular flexibility index (Phi) is 6.16. The predicted octanol–water partition coefficient (Wildman–Crippen LogP) is 4.17. The van der Waals surface area contributed by atoms with E-state index in [4.69, 9.17) is 0 Å². The van der Waals surface area contributed by atoms with Crippen molar-refractivity contribution in [3.8, 4) is 0 Å². The van der Waals surface area contributed by atoms with E-state index in [1.54, 1.807) is 41.3 Å². The highest BCUT2D eigenvalue weighted by Gasteiger charge is 2.40. The molecule has 0 radical (unpaired) electrons. The van der Waals surface area contributed by atoms with Crippen molar-refractivity contribution in [3.05, 3.63) is 106 Å². The maximum Gasteiger partial charge on any atom is 0.269 e. The first-order chi connectivity index (χ1) is 16.8. The van der Waals surface area contributed by atoms with Gasteiger partial charge in [0.25, 0.3) is 15.9 Å². The number of carbonyl (C=O) groups excluding carboxylic acids is 1.